The van der Waals surface area contributed by atoms with Crippen LogP contribution in [0.1, 0.15) is 126 Å². The molecule has 5 aliphatic carbocycles. The zero-order valence-electron chi connectivity index (χ0n) is 28.7. The summed E-state index contributed by atoms with van der Waals surface area (Å²) in [5.74, 6) is 15.6. The van der Waals surface area contributed by atoms with Crippen LogP contribution in [0.5, 0.6) is 11.5 Å². The number of aliphatic imine (C=N–C) groups is 1. The molecule has 254 valence electrons. The molecule has 2 saturated carbocycles. The number of ketones is 1. The van der Waals surface area contributed by atoms with Crippen molar-refractivity contribution in [2.24, 2.45) is 40.1 Å². The highest BCUT2D eigenvalue weighted by atomic mass is 16.5. The first-order valence-electron chi connectivity index (χ1n) is 18.1. The van der Waals surface area contributed by atoms with Crippen LogP contribution in [0.4, 0.5) is 0 Å². The van der Waals surface area contributed by atoms with E-state index in [1.54, 1.807) is 6.08 Å². The van der Waals surface area contributed by atoms with Crippen LogP contribution in [0.2, 0.25) is 0 Å². The molecule has 0 saturated heterocycles. The molecule has 0 aromatic heterocycles. The molecule has 2 fully saturated rings. The molecule has 7 nitrogen and oxygen atoms in total. The Kier molecular flexibility index (Phi) is 12.3. The summed E-state index contributed by atoms with van der Waals surface area (Å²) in [5, 5.41) is 12.3. The molecule has 7 heteroatoms. The Labute approximate surface area is 282 Å². The fourth-order valence-electron chi connectivity index (χ4n) is 8.50. The van der Waals surface area contributed by atoms with Crippen LogP contribution in [0.15, 0.2) is 23.2 Å². The molecular weight excluding hydrogens is 586 g/mol. The maximum Gasteiger partial charge on any atom is 0.186 e. The van der Waals surface area contributed by atoms with Crippen LogP contribution in [0.25, 0.3) is 0 Å². The number of nitrogens with zero attached hydrogens (tertiary/aromatic N) is 1. The van der Waals surface area contributed by atoms with Gasteiger partial charge in [-0.05, 0) is 112 Å². The fraction of sp³-hybridized carbons (Fsp3) is 0.650. The van der Waals surface area contributed by atoms with E-state index < -0.39 is 0 Å². The molecule has 7 unspecified atom stereocenters. The van der Waals surface area contributed by atoms with Gasteiger partial charge in [-0.25, -0.2) is 4.99 Å². The molecule has 47 heavy (non-hydrogen) atoms. The van der Waals surface area contributed by atoms with Gasteiger partial charge in [0.15, 0.2) is 23.2 Å². The Hall–Kier alpha value is -3.42. The Bertz CT molecular complexity index is 1430. The summed E-state index contributed by atoms with van der Waals surface area (Å²) < 4.78 is 12.8. The van der Waals surface area contributed by atoms with E-state index in [4.69, 9.17) is 25.9 Å². The second kappa shape index (κ2) is 16.6. The highest BCUT2D eigenvalue weighted by Gasteiger charge is 2.44. The van der Waals surface area contributed by atoms with Gasteiger partial charge in [-0.15, -0.1) is 11.8 Å². The molecule has 0 amide bonds. The lowest BCUT2D eigenvalue weighted by molar-refractivity contribution is -0.114. The van der Waals surface area contributed by atoms with Crippen LogP contribution in [-0.2, 0) is 16.0 Å². The Balaban J connectivity index is 1.74. The van der Waals surface area contributed by atoms with Crippen LogP contribution >= 0.6 is 0 Å². The number of carbonyl (C=O) groups is 1. The van der Waals surface area contributed by atoms with Crippen molar-refractivity contribution < 1.29 is 19.4 Å². The SMILES string of the molecule is CCCC=CC(=O)CCc1cc(OC2CCCC2)c(O)c2c1C#CC1CC#CCC(C)CC3CCC(OC)C(CCC1N=C(N)N)C23. The Morgan fingerprint density at radius 3 is 2.64 bits per heavy atom. The van der Waals surface area contributed by atoms with Gasteiger partial charge < -0.3 is 26.0 Å². The lowest BCUT2D eigenvalue weighted by Gasteiger charge is -2.45. The number of rotatable bonds is 10. The summed E-state index contributed by atoms with van der Waals surface area (Å²) in [6.07, 6.45) is 16.7. The van der Waals surface area contributed by atoms with E-state index in [-0.39, 0.29) is 53.5 Å². The minimum Gasteiger partial charge on any atom is -0.504 e. The van der Waals surface area contributed by atoms with E-state index in [2.05, 4.69) is 37.5 Å². The molecule has 7 atom stereocenters. The number of aryl methyl sites for hydroxylation is 1. The van der Waals surface area contributed by atoms with Crippen LogP contribution in [0, 0.1) is 47.4 Å². The number of carbonyl (C=O) groups excluding carboxylic acids is 1. The number of unbranched alkanes of at least 4 members (excludes halogenated alkanes) is 1. The lowest BCUT2D eigenvalue weighted by Crippen LogP contribution is -2.40. The molecule has 0 heterocycles. The van der Waals surface area contributed by atoms with Gasteiger partial charge >= 0.3 is 0 Å². The predicted octanol–water partition coefficient (Wildman–Crippen LogP) is 6.92. The van der Waals surface area contributed by atoms with Gasteiger partial charge in [0.05, 0.1) is 24.2 Å². The Morgan fingerprint density at radius 1 is 1.11 bits per heavy atom. The number of fused-ring (bicyclic) bond motifs is 6. The summed E-state index contributed by atoms with van der Waals surface area (Å²) in [6, 6.07) is 1.77. The van der Waals surface area contributed by atoms with Crippen LogP contribution in [0.3, 0.4) is 0 Å². The van der Waals surface area contributed by atoms with E-state index in [1.807, 2.05) is 19.3 Å². The van der Waals surface area contributed by atoms with Crippen molar-refractivity contribution >= 4 is 11.7 Å². The third kappa shape index (κ3) is 8.74. The third-order valence-electron chi connectivity index (χ3n) is 10.8. The lowest BCUT2D eigenvalue weighted by atomic mass is 9.62. The first kappa shape index (κ1) is 34.9. The minimum atomic E-state index is -0.202. The molecule has 1 aromatic rings. The fourth-order valence-corrected chi connectivity index (χ4v) is 8.50. The number of benzene rings is 1. The van der Waals surface area contributed by atoms with Crippen molar-refractivity contribution in [1.29, 1.82) is 0 Å². The summed E-state index contributed by atoms with van der Waals surface area (Å²) in [7, 11) is 1.81. The van der Waals surface area contributed by atoms with Crippen LogP contribution in [-0.4, -0.2) is 42.2 Å². The zero-order valence-corrected chi connectivity index (χ0v) is 28.7. The Morgan fingerprint density at radius 2 is 1.89 bits per heavy atom. The van der Waals surface area contributed by atoms with Crippen molar-refractivity contribution in [2.45, 2.75) is 134 Å². The van der Waals surface area contributed by atoms with Crippen LogP contribution < -0.4 is 16.2 Å². The highest BCUT2D eigenvalue weighted by Crippen LogP contribution is 2.54. The summed E-state index contributed by atoms with van der Waals surface area (Å²) in [4.78, 5) is 17.7. The van der Waals surface area contributed by atoms with Gasteiger partial charge in [-0.3, -0.25) is 4.79 Å². The number of allylic oxidation sites excluding steroid dienone is 2. The van der Waals surface area contributed by atoms with Crippen molar-refractivity contribution in [2.75, 3.05) is 7.11 Å². The first-order valence-corrected chi connectivity index (χ1v) is 18.1. The summed E-state index contributed by atoms with van der Waals surface area (Å²) in [5.41, 5.74) is 14.7. The van der Waals surface area contributed by atoms with E-state index in [0.717, 1.165) is 93.7 Å². The third-order valence-corrected chi connectivity index (χ3v) is 10.8. The molecule has 0 radical (unpaired) electrons. The van der Waals surface area contributed by atoms with Gasteiger partial charge in [0.2, 0.25) is 0 Å². The highest BCUT2D eigenvalue weighted by molar-refractivity contribution is 5.89. The van der Waals surface area contributed by atoms with Crippen molar-refractivity contribution in [3.05, 3.63) is 34.9 Å². The molecule has 0 spiro atoms. The van der Waals surface area contributed by atoms with Gasteiger partial charge in [0.25, 0.3) is 0 Å². The van der Waals surface area contributed by atoms with Gasteiger partial charge in [0.1, 0.15) is 0 Å². The number of hydrogen-bond acceptors (Lipinski definition) is 5. The van der Waals surface area contributed by atoms with E-state index in [9.17, 15) is 9.90 Å². The maximum absolute atomic E-state index is 13.0. The van der Waals surface area contributed by atoms with Crippen molar-refractivity contribution in [3.8, 4) is 35.2 Å². The monoisotopic (exact) mass is 641 g/mol. The standard InChI is InChI=1S/C40H55N3O4/c1-4-5-6-13-30(44)19-16-28-25-36(47-31-14-9-10-15-31)39(45)38-32(28)20-17-27-12-8-7-11-26(2)24-29-18-23-35(46-3)33(37(29)38)21-22-34(27)43-40(41)42/h6,13,25-27,29,31,33-35,37,45H,4-5,9-12,14-16,18-19,21-24H2,1-3H3,(H4,41,42,43). The van der Waals surface area contributed by atoms with Gasteiger partial charge in [-0.1, -0.05) is 38.2 Å². The summed E-state index contributed by atoms with van der Waals surface area (Å²) in [6.45, 7) is 4.40. The number of hydrogen-bond donors (Lipinski definition) is 3. The first-order chi connectivity index (χ1) is 22.8. The largest absolute Gasteiger partial charge is 0.504 e. The zero-order chi connectivity index (χ0) is 33.3. The van der Waals surface area contributed by atoms with Crippen molar-refractivity contribution in [3.63, 3.8) is 0 Å². The number of phenols is 1. The quantitative estimate of drug-likeness (QED) is 0.110. The average molecular weight is 642 g/mol. The second-order valence-corrected chi connectivity index (χ2v) is 14.3. The van der Waals surface area contributed by atoms with E-state index in [0.29, 0.717) is 36.8 Å². The topological polar surface area (TPSA) is 120 Å². The number of methoxy groups -OCH3 is 1. The molecule has 5 aliphatic rings. The average Bonchev–Trinajstić information content (AvgIpc) is 3.56. The molecule has 6 rings (SSSR count). The summed E-state index contributed by atoms with van der Waals surface area (Å²) >= 11 is 0. The predicted molar refractivity (Wildman–Crippen MR) is 188 cm³/mol. The number of guanidine groups is 1. The van der Waals surface area contributed by atoms with Gasteiger partial charge in [0, 0.05) is 37.5 Å². The normalized spacial score (nSPS) is 29.0. The molecule has 5 N–H and O–H groups in total. The number of phenolic OH excluding ortho intramolecular Hbond substituents is 1. The second-order valence-electron chi connectivity index (χ2n) is 14.3. The molecule has 0 aliphatic heterocycles. The smallest absolute Gasteiger partial charge is 0.186 e. The molecule has 4 bridgehead atoms. The molecule has 1 aromatic carbocycles. The van der Waals surface area contributed by atoms with E-state index in [1.165, 1.54) is 0 Å². The number of ether oxygens (including phenoxy) is 2. The number of nitrogens with two attached hydrogens (primary N) is 2. The maximum atomic E-state index is 13.0. The number of aromatic hydroxyl groups is 1. The molecular formula is C40H55N3O4. The van der Waals surface area contributed by atoms with Gasteiger partial charge in [-0.2, -0.15) is 0 Å². The van der Waals surface area contributed by atoms with Crippen molar-refractivity contribution in [1.82, 2.24) is 0 Å². The minimum absolute atomic E-state index is 0.00315. The van der Waals surface area contributed by atoms with E-state index >= 15 is 0 Å².